The molecule has 34 heavy (non-hydrogen) atoms. The van der Waals surface area contributed by atoms with Gasteiger partial charge in [-0.15, -0.1) is 0 Å². The van der Waals surface area contributed by atoms with Crippen molar-refractivity contribution in [1.29, 1.82) is 0 Å². The van der Waals surface area contributed by atoms with E-state index in [1.165, 1.54) is 5.56 Å². The molecule has 0 aliphatic rings. The van der Waals surface area contributed by atoms with Crippen molar-refractivity contribution in [2.24, 2.45) is 5.73 Å². The number of ether oxygens (including phenoxy) is 1. The van der Waals surface area contributed by atoms with E-state index in [1.807, 2.05) is 12.1 Å². The highest BCUT2D eigenvalue weighted by atomic mass is 19.4. The van der Waals surface area contributed by atoms with E-state index in [0.29, 0.717) is 30.9 Å². The lowest BCUT2D eigenvalue weighted by Crippen LogP contribution is -2.21. The van der Waals surface area contributed by atoms with Crippen LogP contribution in [0.2, 0.25) is 0 Å². The normalized spacial score (nSPS) is 11.2. The molecule has 2 heterocycles. The molecular formula is C21H27F3N6O4. The zero-order valence-electron chi connectivity index (χ0n) is 18.6. The highest BCUT2D eigenvalue weighted by Gasteiger charge is 2.38. The van der Waals surface area contributed by atoms with Gasteiger partial charge in [0, 0.05) is 0 Å². The fourth-order valence-electron chi connectivity index (χ4n) is 2.85. The first-order valence-electron chi connectivity index (χ1n) is 10.5. The maximum absolute atomic E-state index is 12.4. The average Bonchev–Trinajstić information content (AvgIpc) is 3.09. The van der Waals surface area contributed by atoms with Gasteiger partial charge in [-0.05, 0) is 36.9 Å². The Morgan fingerprint density at radius 3 is 2.35 bits per heavy atom. The molecule has 10 nitrogen and oxygen atoms in total. The quantitative estimate of drug-likeness (QED) is 0.337. The average molecular weight is 484 g/mol. The molecule has 0 unspecified atom stereocenters. The summed E-state index contributed by atoms with van der Waals surface area (Å²) in [5.41, 5.74) is 14.4. The summed E-state index contributed by atoms with van der Waals surface area (Å²) in [6.45, 7) is 3.66. The van der Waals surface area contributed by atoms with Gasteiger partial charge in [-0.1, -0.05) is 37.6 Å². The van der Waals surface area contributed by atoms with E-state index < -0.39 is 12.1 Å². The number of carbonyl (C=O) groups is 1. The first-order valence-corrected chi connectivity index (χ1v) is 10.5. The molecular weight excluding hydrogens is 457 g/mol. The van der Waals surface area contributed by atoms with E-state index in [4.69, 9.17) is 26.1 Å². The molecule has 0 fully saturated rings. The number of nitrogens with two attached hydrogens (primary N) is 2. The van der Waals surface area contributed by atoms with Crippen LogP contribution in [0.25, 0.3) is 11.2 Å². The number of aliphatic carboxylic acids is 1. The van der Waals surface area contributed by atoms with Crippen molar-refractivity contribution >= 4 is 23.0 Å². The number of aryl methyl sites for hydroxylation is 1. The number of carboxylic acids is 1. The minimum atomic E-state index is -5.08. The van der Waals surface area contributed by atoms with Gasteiger partial charge in [-0.2, -0.15) is 23.1 Å². The van der Waals surface area contributed by atoms with Crippen LogP contribution >= 0.6 is 0 Å². The second-order valence-electron chi connectivity index (χ2n) is 7.32. The zero-order valence-corrected chi connectivity index (χ0v) is 18.6. The van der Waals surface area contributed by atoms with Crippen LogP contribution < -0.4 is 21.9 Å². The van der Waals surface area contributed by atoms with Gasteiger partial charge in [-0.3, -0.25) is 4.57 Å². The molecule has 0 spiro atoms. The van der Waals surface area contributed by atoms with Crippen LogP contribution in [0.5, 0.6) is 6.01 Å². The number of benzene rings is 1. The van der Waals surface area contributed by atoms with Gasteiger partial charge in [0.2, 0.25) is 0 Å². The molecule has 0 aliphatic heterocycles. The second-order valence-corrected chi connectivity index (χ2v) is 7.32. The lowest BCUT2D eigenvalue weighted by atomic mass is 10.1. The largest absolute Gasteiger partial charge is 0.490 e. The summed E-state index contributed by atoms with van der Waals surface area (Å²) in [5.74, 6) is -2.55. The highest BCUT2D eigenvalue weighted by Crippen LogP contribution is 2.19. The summed E-state index contributed by atoms with van der Waals surface area (Å²) >= 11 is 0. The van der Waals surface area contributed by atoms with E-state index in [0.717, 1.165) is 31.2 Å². The third-order valence-electron chi connectivity index (χ3n) is 4.63. The zero-order chi connectivity index (χ0) is 25.3. The number of fused-ring (bicyclic) bond motifs is 1. The summed E-state index contributed by atoms with van der Waals surface area (Å²) in [5, 5.41) is 7.12. The number of carboxylic acid groups (broad SMARTS) is 1. The molecule has 0 atom stereocenters. The summed E-state index contributed by atoms with van der Waals surface area (Å²) in [6.07, 6.45) is -1.27. The molecule has 0 saturated heterocycles. The lowest BCUT2D eigenvalue weighted by molar-refractivity contribution is -0.192. The number of aromatic amines is 1. The Kier molecular flexibility index (Phi) is 9.42. The number of hydrogen-bond acceptors (Lipinski definition) is 7. The minimum Gasteiger partial charge on any atom is -0.475 e. The SMILES string of the molecule is CCCCOc1nc(N)c2[nH]c(=O)n(Cc3ccc(CCCN)cc3)c2n1.O=C(O)C(F)(F)F. The first-order chi connectivity index (χ1) is 16.1. The summed E-state index contributed by atoms with van der Waals surface area (Å²) in [7, 11) is 0. The van der Waals surface area contributed by atoms with E-state index in [-0.39, 0.29) is 17.5 Å². The molecule has 1 aromatic carbocycles. The fraction of sp³-hybridized carbons (Fsp3) is 0.429. The number of hydrogen-bond donors (Lipinski definition) is 4. The minimum absolute atomic E-state index is 0.193. The van der Waals surface area contributed by atoms with Gasteiger partial charge < -0.3 is 26.3 Å². The van der Waals surface area contributed by atoms with E-state index >= 15 is 0 Å². The van der Waals surface area contributed by atoms with Gasteiger partial charge in [0.15, 0.2) is 11.5 Å². The van der Waals surface area contributed by atoms with Crippen LogP contribution in [0.1, 0.15) is 37.3 Å². The maximum Gasteiger partial charge on any atom is 0.490 e. The number of H-pyrrole nitrogens is 1. The molecule has 13 heteroatoms. The van der Waals surface area contributed by atoms with Gasteiger partial charge >= 0.3 is 23.8 Å². The van der Waals surface area contributed by atoms with E-state index in [9.17, 15) is 18.0 Å². The van der Waals surface area contributed by atoms with Crippen molar-refractivity contribution in [3.8, 4) is 6.01 Å². The van der Waals surface area contributed by atoms with Crippen LogP contribution in [-0.2, 0) is 17.8 Å². The smallest absolute Gasteiger partial charge is 0.475 e. The molecule has 0 radical (unpaired) electrons. The molecule has 3 aromatic rings. The molecule has 2 aromatic heterocycles. The molecule has 0 saturated carbocycles. The van der Waals surface area contributed by atoms with Crippen LogP contribution in [0.3, 0.4) is 0 Å². The molecule has 0 bridgehead atoms. The molecule has 3 rings (SSSR count). The van der Waals surface area contributed by atoms with Crippen LogP contribution in [0.4, 0.5) is 19.0 Å². The topological polar surface area (TPSA) is 162 Å². The van der Waals surface area contributed by atoms with Crippen LogP contribution in [-0.4, -0.2) is 49.9 Å². The van der Waals surface area contributed by atoms with Gasteiger partial charge in [0.25, 0.3) is 0 Å². The Bertz CT molecular complexity index is 1140. The second kappa shape index (κ2) is 12.0. The number of nitrogens with one attached hydrogen (secondary N) is 1. The van der Waals surface area contributed by atoms with Gasteiger partial charge in [-0.25, -0.2) is 9.59 Å². The Morgan fingerprint density at radius 2 is 1.79 bits per heavy atom. The Hall–Kier alpha value is -3.61. The Balaban J connectivity index is 0.000000509. The van der Waals surface area contributed by atoms with E-state index in [2.05, 4.69) is 34.0 Å². The summed E-state index contributed by atoms with van der Waals surface area (Å²) in [4.78, 5) is 32.6. The van der Waals surface area contributed by atoms with Crippen molar-refractivity contribution in [2.75, 3.05) is 18.9 Å². The molecule has 6 N–H and O–H groups in total. The monoisotopic (exact) mass is 484 g/mol. The molecule has 0 aliphatic carbocycles. The number of halogens is 3. The number of rotatable bonds is 9. The van der Waals surface area contributed by atoms with Crippen molar-refractivity contribution in [1.82, 2.24) is 19.5 Å². The first kappa shape index (κ1) is 26.6. The standard InChI is InChI=1S/C19H26N6O2.C2HF3O2/c1-2-3-11-27-18-23-16(21)15-17(24-18)25(19(26)22-15)12-14-8-6-13(7-9-14)5-4-10-20;3-2(4,5)1(6)7/h6-9H,2-5,10-12,20H2,1H3,(H,22,26)(H2,21,23,24);(H,6,7). The lowest BCUT2D eigenvalue weighted by Gasteiger charge is -2.07. The van der Waals surface area contributed by atoms with Crippen molar-refractivity contribution in [3.05, 3.63) is 45.9 Å². The van der Waals surface area contributed by atoms with Crippen molar-refractivity contribution < 1.29 is 27.8 Å². The molecule has 0 amide bonds. The highest BCUT2D eigenvalue weighted by molar-refractivity contribution is 5.81. The number of unbranched alkanes of at least 4 members (excludes halogenated alkanes) is 1. The molecule has 186 valence electrons. The number of aromatic nitrogens is 4. The predicted molar refractivity (Wildman–Crippen MR) is 120 cm³/mol. The van der Waals surface area contributed by atoms with Crippen LogP contribution in [0, 0.1) is 0 Å². The summed E-state index contributed by atoms with van der Waals surface area (Å²) in [6, 6.07) is 8.35. The van der Waals surface area contributed by atoms with Gasteiger partial charge in [0.05, 0.1) is 13.2 Å². The Morgan fingerprint density at radius 1 is 1.18 bits per heavy atom. The van der Waals surface area contributed by atoms with Crippen LogP contribution in [0.15, 0.2) is 29.1 Å². The van der Waals surface area contributed by atoms with Crippen molar-refractivity contribution in [3.63, 3.8) is 0 Å². The van der Waals surface area contributed by atoms with Gasteiger partial charge in [0.1, 0.15) is 5.52 Å². The van der Waals surface area contributed by atoms with Crippen molar-refractivity contribution in [2.45, 2.75) is 45.3 Å². The predicted octanol–water partition coefficient (Wildman–Crippen LogP) is 2.45. The number of nitrogens with zero attached hydrogens (tertiary/aromatic N) is 3. The van der Waals surface area contributed by atoms with E-state index in [1.54, 1.807) is 4.57 Å². The maximum atomic E-state index is 12.4. The fourth-order valence-corrected chi connectivity index (χ4v) is 2.85. The third-order valence-corrected chi connectivity index (χ3v) is 4.63. The number of anilines is 1. The third kappa shape index (κ3) is 7.47. The number of alkyl halides is 3. The number of imidazole rings is 1. The number of nitrogen functional groups attached to an aromatic ring is 1. The Labute approximate surface area is 192 Å². The summed E-state index contributed by atoms with van der Waals surface area (Å²) < 4.78 is 38.8.